The summed E-state index contributed by atoms with van der Waals surface area (Å²) in [6.45, 7) is 0. The van der Waals surface area contributed by atoms with E-state index in [0.717, 1.165) is 33.6 Å². The smallest absolute Gasteiger partial charge is 0.179 e. The Labute approximate surface area is 264 Å². The van der Waals surface area contributed by atoms with Crippen LogP contribution in [0.25, 0.3) is 86.9 Å². The third kappa shape index (κ3) is 4.46. The zero-order valence-electron chi connectivity index (χ0n) is 24.2. The van der Waals surface area contributed by atoms with Crippen LogP contribution in [0.1, 0.15) is 0 Å². The van der Waals surface area contributed by atoms with Crippen molar-refractivity contribution in [2.45, 2.75) is 0 Å². The van der Waals surface area contributed by atoms with E-state index in [4.69, 9.17) is 15.0 Å². The summed E-state index contributed by atoms with van der Waals surface area (Å²) in [5, 5.41) is 7.32. The molecule has 0 unspecified atom stereocenters. The predicted molar refractivity (Wildman–Crippen MR) is 189 cm³/mol. The number of fused-ring (bicyclic) bond motifs is 6. The second-order valence-corrected chi connectivity index (χ2v) is 12.3. The molecule has 3 aromatic heterocycles. The minimum Gasteiger partial charge on any atom is -0.252 e. The highest BCUT2D eigenvalue weighted by Gasteiger charge is 2.18. The zero-order chi connectivity index (χ0) is 29.7. The van der Waals surface area contributed by atoms with Crippen molar-refractivity contribution in [2.24, 2.45) is 0 Å². The van der Waals surface area contributed by atoms with Gasteiger partial charge >= 0.3 is 0 Å². The Kier molecular flexibility index (Phi) is 6.00. The van der Waals surface area contributed by atoms with E-state index >= 15 is 0 Å². The fourth-order valence-corrected chi connectivity index (χ4v) is 7.41. The third-order valence-corrected chi connectivity index (χ3v) is 9.67. The molecule has 0 atom stereocenters. The molecule has 0 N–H and O–H groups in total. The summed E-state index contributed by atoms with van der Waals surface area (Å²) in [5.41, 5.74) is 7.02. The van der Waals surface area contributed by atoms with Crippen LogP contribution in [0.2, 0.25) is 0 Å². The van der Waals surface area contributed by atoms with Crippen LogP contribution in [0.3, 0.4) is 0 Å². The van der Waals surface area contributed by atoms with E-state index in [1.165, 1.54) is 47.5 Å². The molecule has 3 nitrogen and oxygen atoms in total. The molecule has 0 amide bonds. The van der Waals surface area contributed by atoms with Crippen LogP contribution >= 0.6 is 11.3 Å². The first kappa shape index (κ1) is 25.8. The lowest BCUT2D eigenvalue weighted by Crippen LogP contribution is -1.97. The summed E-state index contributed by atoms with van der Waals surface area (Å²) >= 11 is 1.78. The van der Waals surface area contributed by atoms with Crippen molar-refractivity contribution in [1.29, 1.82) is 0 Å². The summed E-state index contributed by atoms with van der Waals surface area (Å²) in [6, 6.07) is 51.3. The molecule has 6 aromatic carbocycles. The molecular formula is C41H25N3S. The molecule has 0 saturated carbocycles. The second-order valence-electron chi connectivity index (χ2n) is 11.3. The highest BCUT2D eigenvalue weighted by molar-refractivity contribution is 7.25. The van der Waals surface area contributed by atoms with Crippen LogP contribution in [-0.2, 0) is 0 Å². The van der Waals surface area contributed by atoms with E-state index in [1.54, 1.807) is 11.3 Å². The van der Waals surface area contributed by atoms with Gasteiger partial charge in [0.25, 0.3) is 0 Å². The highest BCUT2D eigenvalue weighted by atomic mass is 32.1. The molecule has 4 heteroatoms. The van der Waals surface area contributed by atoms with Gasteiger partial charge in [0.2, 0.25) is 0 Å². The molecule has 0 spiro atoms. The van der Waals surface area contributed by atoms with Gasteiger partial charge in [-0.25, -0.2) is 9.97 Å². The van der Waals surface area contributed by atoms with Crippen molar-refractivity contribution in [3.05, 3.63) is 152 Å². The van der Waals surface area contributed by atoms with Gasteiger partial charge in [-0.2, -0.15) is 0 Å². The largest absolute Gasteiger partial charge is 0.252 e. The van der Waals surface area contributed by atoms with Crippen LogP contribution in [0.15, 0.2) is 152 Å². The Morgan fingerprint density at radius 1 is 0.422 bits per heavy atom. The van der Waals surface area contributed by atoms with Crippen LogP contribution in [0.5, 0.6) is 0 Å². The van der Waals surface area contributed by atoms with Crippen molar-refractivity contribution in [3.63, 3.8) is 0 Å². The lowest BCUT2D eigenvalue weighted by Gasteiger charge is -2.10. The van der Waals surface area contributed by atoms with E-state index in [0.29, 0.717) is 5.82 Å². The average molecular weight is 592 g/mol. The summed E-state index contributed by atoms with van der Waals surface area (Å²) in [5.74, 6) is 0.628. The highest BCUT2D eigenvalue weighted by Crippen LogP contribution is 2.41. The topological polar surface area (TPSA) is 38.7 Å². The number of thiophene rings is 1. The Hall–Kier alpha value is -5.71. The van der Waals surface area contributed by atoms with Crippen molar-refractivity contribution < 1.29 is 0 Å². The molecule has 0 aliphatic heterocycles. The molecule has 9 aromatic rings. The van der Waals surface area contributed by atoms with Gasteiger partial charge in [-0.05, 0) is 63.0 Å². The predicted octanol–water partition coefficient (Wildman–Crippen LogP) is 11.2. The van der Waals surface area contributed by atoms with Gasteiger partial charge in [-0.3, -0.25) is 4.98 Å². The molecule has 0 aliphatic rings. The van der Waals surface area contributed by atoms with Crippen molar-refractivity contribution in [2.75, 3.05) is 0 Å². The van der Waals surface area contributed by atoms with Crippen LogP contribution in [0.4, 0.5) is 0 Å². The Bertz CT molecular complexity index is 2480. The molecule has 9 rings (SSSR count). The van der Waals surface area contributed by atoms with E-state index in [1.807, 2.05) is 42.6 Å². The first-order valence-corrected chi connectivity index (χ1v) is 15.8. The first-order valence-electron chi connectivity index (χ1n) is 15.0. The minimum atomic E-state index is 0.628. The molecule has 0 radical (unpaired) electrons. The molecule has 210 valence electrons. The van der Waals surface area contributed by atoms with Gasteiger partial charge in [-0.15, -0.1) is 11.3 Å². The molecule has 0 fully saturated rings. The number of rotatable bonds is 4. The number of aromatic nitrogens is 3. The molecule has 0 bridgehead atoms. The lowest BCUT2D eigenvalue weighted by atomic mass is 9.96. The monoisotopic (exact) mass is 591 g/mol. The van der Waals surface area contributed by atoms with Crippen LogP contribution < -0.4 is 0 Å². The van der Waals surface area contributed by atoms with Crippen molar-refractivity contribution in [1.82, 2.24) is 15.0 Å². The molecular weight excluding hydrogens is 567 g/mol. The summed E-state index contributed by atoms with van der Waals surface area (Å²) in [4.78, 5) is 15.1. The van der Waals surface area contributed by atoms with Gasteiger partial charge in [-0.1, -0.05) is 115 Å². The molecule has 3 heterocycles. The van der Waals surface area contributed by atoms with Crippen molar-refractivity contribution in [3.8, 4) is 45.2 Å². The standard InChI is InChI=1S/C41H25N3S/c1-3-10-27(11-4-1)35-25-36(28-12-5-2-6-13-28)44-41(43-35)40-39-34-24-30(18-20-37(34)45-38(39)21-22-42-40)29-17-19-33-31(23-29)16-15-26-9-7-8-14-32(26)33/h1-25H. The minimum absolute atomic E-state index is 0.628. The summed E-state index contributed by atoms with van der Waals surface area (Å²) < 4.78 is 2.39. The van der Waals surface area contributed by atoms with E-state index in [-0.39, 0.29) is 0 Å². The fraction of sp³-hybridized carbons (Fsp3) is 0. The molecule has 0 saturated heterocycles. The zero-order valence-corrected chi connectivity index (χ0v) is 25.0. The maximum Gasteiger partial charge on any atom is 0.179 e. The van der Waals surface area contributed by atoms with E-state index in [9.17, 15) is 0 Å². The van der Waals surface area contributed by atoms with Crippen LogP contribution in [-0.4, -0.2) is 15.0 Å². The molecule has 45 heavy (non-hydrogen) atoms. The summed E-state index contributed by atoms with van der Waals surface area (Å²) in [7, 11) is 0. The van der Waals surface area contributed by atoms with Gasteiger partial charge in [0.15, 0.2) is 5.82 Å². The van der Waals surface area contributed by atoms with Gasteiger partial charge < -0.3 is 0 Å². The second kappa shape index (κ2) is 10.5. The maximum absolute atomic E-state index is 5.11. The van der Waals surface area contributed by atoms with Crippen LogP contribution in [0, 0.1) is 0 Å². The van der Waals surface area contributed by atoms with Crippen molar-refractivity contribution >= 4 is 53.1 Å². The average Bonchev–Trinajstić information content (AvgIpc) is 3.50. The molecule has 0 aliphatic carbocycles. The lowest BCUT2D eigenvalue weighted by molar-refractivity contribution is 1.16. The number of nitrogens with zero attached hydrogens (tertiary/aromatic N) is 3. The Morgan fingerprint density at radius 2 is 1.07 bits per heavy atom. The Balaban J connectivity index is 1.24. The third-order valence-electron chi connectivity index (χ3n) is 8.54. The number of benzene rings is 6. The quantitative estimate of drug-likeness (QED) is 0.191. The fourth-order valence-electron chi connectivity index (χ4n) is 6.33. The maximum atomic E-state index is 5.11. The number of hydrogen-bond donors (Lipinski definition) is 0. The normalized spacial score (nSPS) is 11.6. The van der Waals surface area contributed by atoms with E-state index in [2.05, 4.69) is 109 Å². The SMILES string of the molecule is c1ccc(-c2cc(-c3ccccc3)nc(-c3nccc4sc5ccc(-c6ccc7c(ccc8ccccc87)c6)cc5c34)n2)cc1. The first-order chi connectivity index (χ1) is 22.3. The number of pyridine rings is 1. The van der Waals surface area contributed by atoms with Gasteiger partial charge in [0.1, 0.15) is 5.69 Å². The van der Waals surface area contributed by atoms with Gasteiger partial charge in [0.05, 0.1) is 11.4 Å². The van der Waals surface area contributed by atoms with Gasteiger partial charge in [0, 0.05) is 37.5 Å². The summed E-state index contributed by atoms with van der Waals surface area (Å²) in [6.07, 6.45) is 1.88. The number of hydrogen-bond acceptors (Lipinski definition) is 4. The van der Waals surface area contributed by atoms with E-state index < -0.39 is 0 Å². The Morgan fingerprint density at radius 3 is 1.84 bits per heavy atom.